The Morgan fingerprint density at radius 1 is 1.29 bits per heavy atom. The number of carbonyl (C=O) groups is 1. The lowest BCUT2D eigenvalue weighted by Crippen LogP contribution is -2.26. The van der Waals surface area contributed by atoms with E-state index in [1.807, 2.05) is 26.0 Å². The van der Waals surface area contributed by atoms with E-state index in [0.717, 1.165) is 19.3 Å². The van der Waals surface area contributed by atoms with Crippen LogP contribution in [0, 0.1) is 5.41 Å². The quantitative estimate of drug-likeness (QED) is 0.586. The third-order valence-electron chi connectivity index (χ3n) is 2.60. The molecule has 0 aliphatic rings. The second kappa shape index (κ2) is 6.58. The first kappa shape index (κ1) is 13.2. The molecule has 0 fully saturated rings. The Bertz CT molecular complexity index is 225. The van der Waals surface area contributed by atoms with Crippen LogP contribution >= 0.6 is 0 Å². The number of allylic oxidation sites excluding steroid dienone is 4. The first-order chi connectivity index (χ1) is 6.63. The number of hydrogen-bond donors (Lipinski definition) is 0. The van der Waals surface area contributed by atoms with Gasteiger partial charge in [0.15, 0.2) is 0 Å². The van der Waals surface area contributed by atoms with Crippen molar-refractivity contribution < 1.29 is 4.79 Å². The molecule has 0 aliphatic carbocycles. The van der Waals surface area contributed by atoms with Gasteiger partial charge in [-0.1, -0.05) is 37.6 Å². The van der Waals surface area contributed by atoms with Crippen LogP contribution in [0.2, 0.25) is 0 Å². The summed E-state index contributed by atoms with van der Waals surface area (Å²) in [6.45, 7) is 7.78. The molecule has 0 heterocycles. The molecule has 0 saturated carbocycles. The Morgan fingerprint density at radius 2 is 1.93 bits per heavy atom. The summed E-state index contributed by atoms with van der Waals surface area (Å²) >= 11 is 0. The van der Waals surface area contributed by atoms with Crippen molar-refractivity contribution >= 4 is 5.78 Å². The topological polar surface area (TPSA) is 17.1 Å². The first-order valence-corrected chi connectivity index (χ1v) is 5.39. The van der Waals surface area contributed by atoms with Crippen LogP contribution in [0.5, 0.6) is 0 Å². The van der Waals surface area contributed by atoms with Crippen LogP contribution in [0.3, 0.4) is 0 Å². The SMILES string of the molecule is CC=CCC(C=CC)(CCC)C(C)=O. The van der Waals surface area contributed by atoms with Gasteiger partial charge < -0.3 is 0 Å². The fourth-order valence-corrected chi connectivity index (χ4v) is 1.78. The maximum Gasteiger partial charge on any atom is 0.140 e. The number of rotatable bonds is 6. The summed E-state index contributed by atoms with van der Waals surface area (Å²) in [7, 11) is 0. The molecule has 0 aromatic carbocycles. The average molecular weight is 194 g/mol. The molecular weight excluding hydrogens is 172 g/mol. The van der Waals surface area contributed by atoms with Crippen molar-refractivity contribution in [1.29, 1.82) is 0 Å². The monoisotopic (exact) mass is 194 g/mol. The highest BCUT2D eigenvalue weighted by molar-refractivity contribution is 5.84. The highest BCUT2D eigenvalue weighted by atomic mass is 16.1. The van der Waals surface area contributed by atoms with Crippen LogP contribution in [-0.2, 0) is 4.79 Å². The zero-order chi connectivity index (χ0) is 11.0. The molecule has 0 amide bonds. The van der Waals surface area contributed by atoms with Crippen LogP contribution in [0.25, 0.3) is 0 Å². The molecule has 0 aromatic rings. The van der Waals surface area contributed by atoms with Crippen molar-refractivity contribution in [2.45, 2.75) is 47.0 Å². The molecular formula is C13H22O. The third-order valence-corrected chi connectivity index (χ3v) is 2.60. The summed E-state index contributed by atoms with van der Waals surface area (Å²) in [5, 5.41) is 0. The van der Waals surface area contributed by atoms with Crippen molar-refractivity contribution in [3.05, 3.63) is 24.3 Å². The second-order valence-corrected chi connectivity index (χ2v) is 3.74. The maximum absolute atomic E-state index is 11.7. The number of ketones is 1. The fraction of sp³-hybridized carbons (Fsp3) is 0.615. The Hall–Kier alpha value is -0.850. The molecule has 1 nitrogen and oxygen atoms in total. The molecule has 80 valence electrons. The van der Waals surface area contributed by atoms with E-state index >= 15 is 0 Å². The molecule has 0 aliphatic heterocycles. The zero-order valence-electron chi connectivity index (χ0n) is 9.84. The minimum Gasteiger partial charge on any atom is -0.299 e. The molecule has 0 bridgehead atoms. The lowest BCUT2D eigenvalue weighted by atomic mass is 9.76. The lowest BCUT2D eigenvalue weighted by molar-refractivity contribution is -0.124. The Kier molecular flexibility index (Phi) is 6.18. The summed E-state index contributed by atoms with van der Waals surface area (Å²) in [5.41, 5.74) is -0.254. The highest BCUT2D eigenvalue weighted by Gasteiger charge is 2.29. The minimum absolute atomic E-state index is 0.254. The van der Waals surface area contributed by atoms with Gasteiger partial charge in [-0.15, -0.1) is 0 Å². The van der Waals surface area contributed by atoms with E-state index in [4.69, 9.17) is 0 Å². The van der Waals surface area contributed by atoms with Gasteiger partial charge in [-0.05, 0) is 33.6 Å². The molecule has 1 atom stereocenters. The van der Waals surface area contributed by atoms with Crippen molar-refractivity contribution in [2.75, 3.05) is 0 Å². The van der Waals surface area contributed by atoms with Crippen molar-refractivity contribution in [3.8, 4) is 0 Å². The lowest BCUT2D eigenvalue weighted by Gasteiger charge is -2.26. The maximum atomic E-state index is 11.7. The van der Waals surface area contributed by atoms with E-state index in [1.165, 1.54) is 0 Å². The fourth-order valence-electron chi connectivity index (χ4n) is 1.78. The molecule has 1 unspecified atom stereocenters. The molecule has 0 N–H and O–H groups in total. The van der Waals surface area contributed by atoms with E-state index in [-0.39, 0.29) is 11.2 Å². The minimum atomic E-state index is -0.254. The predicted molar refractivity (Wildman–Crippen MR) is 62.3 cm³/mol. The van der Waals surface area contributed by atoms with E-state index < -0.39 is 0 Å². The van der Waals surface area contributed by atoms with Gasteiger partial charge in [-0.25, -0.2) is 0 Å². The van der Waals surface area contributed by atoms with Gasteiger partial charge >= 0.3 is 0 Å². The summed E-state index contributed by atoms with van der Waals surface area (Å²) < 4.78 is 0. The number of hydrogen-bond acceptors (Lipinski definition) is 1. The molecule has 0 spiro atoms. The van der Waals surface area contributed by atoms with E-state index in [2.05, 4.69) is 19.1 Å². The molecule has 0 radical (unpaired) electrons. The van der Waals surface area contributed by atoms with Gasteiger partial charge in [-0.3, -0.25) is 4.79 Å². The van der Waals surface area contributed by atoms with E-state index in [1.54, 1.807) is 6.92 Å². The highest BCUT2D eigenvalue weighted by Crippen LogP contribution is 2.31. The largest absolute Gasteiger partial charge is 0.299 e. The van der Waals surface area contributed by atoms with Gasteiger partial charge in [0, 0.05) is 5.41 Å². The summed E-state index contributed by atoms with van der Waals surface area (Å²) in [6, 6.07) is 0. The van der Waals surface area contributed by atoms with E-state index in [9.17, 15) is 4.79 Å². The van der Waals surface area contributed by atoms with Gasteiger partial charge in [0.25, 0.3) is 0 Å². The van der Waals surface area contributed by atoms with Crippen molar-refractivity contribution in [3.63, 3.8) is 0 Å². The van der Waals surface area contributed by atoms with Crippen molar-refractivity contribution in [1.82, 2.24) is 0 Å². The number of Topliss-reactive ketones (excluding diaryl/α,β-unsaturated/α-hetero) is 1. The molecule has 0 aromatic heterocycles. The van der Waals surface area contributed by atoms with Crippen LogP contribution in [0.15, 0.2) is 24.3 Å². The van der Waals surface area contributed by atoms with Gasteiger partial charge in [-0.2, -0.15) is 0 Å². The zero-order valence-corrected chi connectivity index (χ0v) is 9.84. The average Bonchev–Trinajstić information content (AvgIpc) is 2.14. The normalized spacial score (nSPS) is 16.3. The smallest absolute Gasteiger partial charge is 0.140 e. The van der Waals surface area contributed by atoms with Crippen LogP contribution < -0.4 is 0 Å². The second-order valence-electron chi connectivity index (χ2n) is 3.74. The van der Waals surface area contributed by atoms with Crippen molar-refractivity contribution in [2.24, 2.45) is 5.41 Å². The van der Waals surface area contributed by atoms with Gasteiger partial charge in [0.2, 0.25) is 0 Å². The van der Waals surface area contributed by atoms with Crippen LogP contribution in [-0.4, -0.2) is 5.78 Å². The summed E-state index contributed by atoms with van der Waals surface area (Å²) in [4.78, 5) is 11.7. The molecule has 14 heavy (non-hydrogen) atoms. The standard InChI is InChI=1S/C13H22O/c1-5-8-11-13(9-6-2,10-7-3)12(4)14/h5-6,8-9H,7,10-11H2,1-4H3. The third kappa shape index (κ3) is 3.49. The summed E-state index contributed by atoms with van der Waals surface area (Å²) in [6.07, 6.45) is 10.9. The number of carbonyl (C=O) groups excluding carboxylic acids is 1. The Labute approximate surface area is 87.9 Å². The Balaban J connectivity index is 4.82. The van der Waals surface area contributed by atoms with Crippen LogP contribution in [0.4, 0.5) is 0 Å². The molecule has 0 rings (SSSR count). The van der Waals surface area contributed by atoms with Gasteiger partial charge in [0.05, 0.1) is 0 Å². The summed E-state index contributed by atoms with van der Waals surface area (Å²) in [5.74, 6) is 0.274. The first-order valence-electron chi connectivity index (χ1n) is 5.39. The predicted octanol–water partition coefficient (Wildman–Crippen LogP) is 3.90. The molecule has 1 heteroatoms. The van der Waals surface area contributed by atoms with Crippen LogP contribution in [0.1, 0.15) is 47.0 Å². The Morgan fingerprint density at radius 3 is 2.29 bits per heavy atom. The molecule has 0 saturated heterocycles. The van der Waals surface area contributed by atoms with Gasteiger partial charge in [0.1, 0.15) is 5.78 Å². The van der Waals surface area contributed by atoms with E-state index in [0.29, 0.717) is 0 Å².